The minimum atomic E-state index is -0.173. The van der Waals surface area contributed by atoms with Crippen LogP contribution in [0.1, 0.15) is 16.1 Å². The zero-order valence-corrected chi connectivity index (χ0v) is 12.7. The van der Waals surface area contributed by atoms with Crippen molar-refractivity contribution >= 4 is 17.5 Å². The van der Waals surface area contributed by atoms with Crippen LogP contribution in [0.3, 0.4) is 0 Å². The van der Waals surface area contributed by atoms with Crippen molar-refractivity contribution in [1.29, 1.82) is 0 Å². The summed E-state index contributed by atoms with van der Waals surface area (Å²) >= 11 is 5.87. The van der Waals surface area contributed by atoms with E-state index >= 15 is 0 Å². The van der Waals surface area contributed by atoms with Crippen molar-refractivity contribution in [2.45, 2.75) is 6.54 Å². The second kappa shape index (κ2) is 6.03. The Kier molecular flexibility index (Phi) is 3.93. The highest BCUT2D eigenvalue weighted by molar-refractivity contribution is 6.31. The number of aromatic nitrogens is 4. The summed E-state index contributed by atoms with van der Waals surface area (Å²) in [6.45, 7) is 0.402. The molecular weight excluding hydrogens is 302 g/mol. The van der Waals surface area contributed by atoms with Crippen molar-refractivity contribution < 1.29 is 4.79 Å². The van der Waals surface area contributed by atoms with Crippen molar-refractivity contribution in [3.8, 4) is 5.82 Å². The van der Waals surface area contributed by atoms with Crippen LogP contribution in [-0.4, -0.2) is 25.0 Å². The molecule has 0 saturated carbocycles. The normalized spacial score (nSPS) is 10.6. The zero-order chi connectivity index (χ0) is 15.5. The first kappa shape index (κ1) is 14.3. The predicted octanol–water partition coefficient (Wildman–Crippen LogP) is 2.19. The molecule has 0 aliphatic rings. The van der Waals surface area contributed by atoms with E-state index in [1.165, 1.54) is 0 Å². The van der Waals surface area contributed by atoms with E-state index in [9.17, 15) is 4.79 Å². The Morgan fingerprint density at radius 1 is 1.41 bits per heavy atom. The zero-order valence-electron chi connectivity index (χ0n) is 11.9. The van der Waals surface area contributed by atoms with Gasteiger partial charge in [0.25, 0.3) is 5.91 Å². The van der Waals surface area contributed by atoms with Gasteiger partial charge in [0, 0.05) is 38.4 Å². The van der Waals surface area contributed by atoms with Crippen LogP contribution in [0.15, 0.2) is 49.3 Å². The largest absolute Gasteiger partial charge is 0.347 e. The van der Waals surface area contributed by atoms with Crippen molar-refractivity contribution in [2.24, 2.45) is 7.05 Å². The van der Waals surface area contributed by atoms with Crippen LogP contribution >= 0.6 is 11.6 Å². The first-order valence-corrected chi connectivity index (χ1v) is 7.04. The topological polar surface area (TPSA) is 64.7 Å². The number of nitrogens with one attached hydrogen (secondary N) is 1. The number of amides is 1. The molecule has 3 aromatic rings. The van der Waals surface area contributed by atoms with Crippen molar-refractivity contribution in [1.82, 2.24) is 24.4 Å². The molecule has 0 spiro atoms. The predicted molar refractivity (Wildman–Crippen MR) is 83.0 cm³/mol. The van der Waals surface area contributed by atoms with Gasteiger partial charge in [0.05, 0.1) is 5.02 Å². The highest BCUT2D eigenvalue weighted by Gasteiger charge is 2.10. The molecule has 0 unspecified atom stereocenters. The van der Waals surface area contributed by atoms with Gasteiger partial charge in [-0.25, -0.2) is 9.97 Å². The van der Waals surface area contributed by atoms with E-state index in [2.05, 4.69) is 15.3 Å². The maximum absolute atomic E-state index is 12.1. The SMILES string of the molecule is Cn1cc(Cl)cc1C(=O)NCc1ccc(-n2ccnc2)nc1. The number of carbonyl (C=O) groups is 1. The summed E-state index contributed by atoms with van der Waals surface area (Å²) in [7, 11) is 1.78. The first-order valence-electron chi connectivity index (χ1n) is 6.67. The minimum absolute atomic E-state index is 0.173. The lowest BCUT2D eigenvalue weighted by atomic mass is 10.2. The Balaban J connectivity index is 1.64. The summed E-state index contributed by atoms with van der Waals surface area (Å²) in [5.74, 6) is 0.606. The van der Waals surface area contributed by atoms with Crippen LogP contribution in [0.25, 0.3) is 5.82 Å². The van der Waals surface area contributed by atoms with Gasteiger partial charge in [-0.3, -0.25) is 9.36 Å². The van der Waals surface area contributed by atoms with E-state index in [-0.39, 0.29) is 5.91 Å². The minimum Gasteiger partial charge on any atom is -0.347 e. The summed E-state index contributed by atoms with van der Waals surface area (Å²) in [5, 5.41) is 3.39. The van der Waals surface area contributed by atoms with Crippen molar-refractivity contribution in [3.05, 3.63) is 65.6 Å². The Morgan fingerprint density at radius 3 is 2.86 bits per heavy atom. The summed E-state index contributed by atoms with van der Waals surface area (Å²) < 4.78 is 3.51. The van der Waals surface area contributed by atoms with Gasteiger partial charge in [0.15, 0.2) is 0 Å². The molecule has 0 aromatic carbocycles. The molecule has 0 atom stereocenters. The van der Waals surface area contributed by atoms with Gasteiger partial charge in [0.1, 0.15) is 17.8 Å². The van der Waals surface area contributed by atoms with Gasteiger partial charge in [-0.1, -0.05) is 17.7 Å². The highest BCUT2D eigenvalue weighted by Crippen LogP contribution is 2.12. The lowest BCUT2D eigenvalue weighted by Crippen LogP contribution is -2.24. The van der Waals surface area contributed by atoms with E-state index in [0.29, 0.717) is 17.3 Å². The maximum Gasteiger partial charge on any atom is 0.268 e. The highest BCUT2D eigenvalue weighted by atomic mass is 35.5. The molecule has 3 heterocycles. The third kappa shape index (κ3) is 3.01. The number of pyridine rings is 1. The number of hydrogen-bond donors (Lipinski definition) is 1. The third-order valence-electron chi connectivity index (χ3n) is 3.24. The quantitative estimate of drug-likeness (QED) is 0.802. The summed E-state index contributed by atoms with van der Waals surface area (Å²) in [6.07, 6.45) is 8.62. The first-order chi connectivity index (χ1) is 10.6. The van der Waals surface area contributed by atoms with E-state index in [0.717, 1.165) is 11.4 Å². The number of carbonyl (C=O) groups excluding carboxylic acids is 1. The average Bonchev–Trinajstić information content (AvgIpc) is 3.15. The Labute approximate surface area is 132 Å². The van der Waals surface area contributed by atoms with Crippen molar-refractivity contribution in [3.63, 3.8) is 0 Å². The Morgan fingerprint density at radius 2 is 2.27 bits per heavy atom. The van der Waals surface area contributed by atoms with Gasteiger partial charge in [0.2, 0.25) is 0 Å². The number of rotatable bonds is 4. The van der Waals surface area contributed by atoms with Crippen LogP contribution < -0.4 is 5.32 Å². The van der Waals surface area contributed by atoms with Crippen LogP contribution in [0.4, 0.5) is 0 Å². The second-order valence-electron chi connectivity index (χ2n) is 4.83. The summed E-state index contributed by atoms with van der Waals surface area (Å²) in [5.41, 5.74) is 1.44. The van der Waals surface area contributed by atoms with Gasteiger partial charge >= 0.3 is 0 Å². The number of hydrogen-bond acceptors (Lipinski definition) is 3. The van der Waals surface area contributed by atoms with E-state index in [4.69, 9.17) is 11.6 Å². The fourth-order valence-corrected chi connectivity index (χ4v) is 2.34. The lowest BCUT2D eigenvalue weighted by Gasteiger charge is -2.07. The molecule has 0 aliphatic carbocycles. The van der Waals surface area contributed by atoms with E-state index in [1.807, 2.05) is 22.9 Å². The number of imidazole rings is 1. The molecule has 22 heavy (non-hydrogen) atoms. The summed E-state index contributed by atoms with van der Waals surface area (Å²) in [6, 6.07) is 5.43. The third-order valence-corrected chi connectivity index (χ3v) is 3.44. The average molecular weight is 316 g/mol. The fourth-order valence-electron chi connectivity index (χ4n) is 2.09. The molecule has 0 bridgehead atoms. The Hall–Kier alpha value is -2.60. The number of aryl methyl sites for hydroxylation is 1. The van der Waals surface area contributed by atoms with Crippen LogP contribution in [0.2, 0.25) is 5.02 Å². The fraction of sp³-hybridized carbons (Fsp3) is 0.133. The number of nitrogens with zero attached hydrogens (tertiary/aromatic N) is 4. The second-order valence-corrected chi connectivity index (χ2v) is 5.27. The van der Waals surface area contributed by atoms with Gasteiger partial charge < -0.3 is 9.88 Å². The molecule has 0 fully saturated rings. The molecule has 0 saturated heterocycles. The van der Waals surface area contributed by atoms with Gasteiger partial charge in [-0.15, -0.1) is 0 Å². The van der Waals surface area contributed by atoms with Crippen LogP contribution in [0, 0.1) is 0 Å². The molecule has 0 aliphatic heterocycles. The monoisotopic (exact) mass is 315 g/mol. The molecule has 112 valence electrons. The molecule has 0 radical (unpaired) electrons. The molecule has 1 N–H and O–H groups in total. The molecule has 6 nitrogen and oxygen atoms in total. The molecule has 7 heteroatoms. The van der Waals surface area contributed by atoms with Crippen LogP contribution in [0.5, 0.6) is 0 Å². The number of halogens is 1. The van der Waals surface area contributed by atoms with E-state index in [1.54, 1.807) is 42.6 Å². The molecule has 3 aromatic heterocycles. The van der Waals surface area contributed by atoms with Crippen molar-refractivity contribution in [2.75, 3.05) is 0 Å². The molecular formula is C15H14ClN5O. The van der Waals surface area contributed by atoms with Gasteiger partial charge in [-0.2, -0.15) is 0 Å². The van der Waals surface area contributed by atoms with Gasteiger partial charge in [-0.05, 0) is 17.7 Å². The molecule has 3 rings (SSSR count). The summed E-state index contributed by atoms with van der Waals surface area (Å²) in [4.78, 5) is 20.4. The molecule has 1 amide bonds. The standard InChI is InChI=1S/C15H14ClN5O/c1-20-9-12(16)6-13(20)15(22)19-8-11-2-3-14(18-7-11)21-5-4-17-10-21/h2-7,9-10H,8H2,1H3,(H,19,22). The van der Waals surface area contributed by atoms with Crippen LogP contribution in [-0.2, 0) is 13.6 Å². The smallest absolute Gasteiger partial charge is 0.268 e. The lowest BCUT2D eigenvalue weighted by molar-refractivity contribution is 0.0943. The van der Waals surface area contributed by atoms with E-state index < -0.39 is 0 Å². The Bertz CT molecular complexity index is 777. The maximum atomic E-state index is 12.1.